The number of ether oxygens (including phenoxy) is 2. The molecular weight excluding hydrogens is 266 g/mol. The lowest BCUT2D eigenvalue weighted by Gasteiger charge is -2.53. The number of methoxy groups -OCH3 is 2. The molecule has 1 saturated carbocycles. The minimum absolute atomic E-state index is 0.0355. The van der Waals surface area contributed by atoms with Crippen LogP contribution in [0.25, 0.3) is 0 Å². The van der Waals surface area contributed by atoms with Crippen molar-refractivity contribution < 1.29 is 14.3 Å². The third kappa shape index (κ3) is 1.96. The Morgan fingerprint density at radius 1 is 1.38 bits per heavy atom. The standard InChI is InChI=1S/C17H23NO3/c1-16-7-6-14(18)17(10-16,15(19)21-3)9-11-4-5-12(20-2)8-13(11)16/h4-5,8,14H,6-7,9-10,18H2,1-3H3/t14-,16-,17+/m0/s1. The molecule has 0 unspecified atom stereocenters. The highest BCUT2D eigenvalue weighted by molar-refractivity contribution is 5.79. The predicted molar refractivity (Wildman–Crippen MR) is 80.3 cm³/mol. The fourth-order valence-electron chi connectivity index (χ4n) is 4.33. The third-order valence-electron chi connectivity index (χ3n) is 5.49. The third-order valence-corrected chi connectivity index (χ3v) is 5.49. The quantitative estimate of drug-likeness (QED) is 0.848. The minimum atomic E-state index is -0.580. The van der Waals surface area contributed by atoms with E-state index in [1.807, 2.05) is 6.07 Å². The van der Waals surface area contributed by atoms with E-state index in [-0.39, 0.29) is 17.4 Å². The minimum Gasteiger partial charge on any atom is -0.497 e. The first-order valence-corrected chi connectivity index (χ1v) is 7.46. The highest BCUT2D eigenvalue weighted by Crippen LogP contribution is 2.55. The van der Waals surface area contributed by atoms with Gasteiger partial charge in [0.1, 0.15) is 5.75 Å². The molecular formula is C17H23NO3. The van der Waals surface area contributed by atoms with Crippen LogP contribution >= 0.6 is 0 Å². The van der Waals surface area contributed by atoms with Gasteiger partial charge < -0.3 is 15.2 Å². The topological polar surface area (TPSA) is 61.5 Å². The lowest BCUT2D eigenvalue weighted by molar-refractivity contribution is -0.158. The van der Waals surface area contributed by atoms with Crippen molar-refractivity contribution in [1.29, 1.82) is 0 Å². The summed E-state index contributed by atoms with van der Waals surface area (Å²) in [6.07, 6.45) is 3.26. The van der Waals surface area contributed by atoms with Crippen molar-refractivity contribution in [2.75, 3.05) is 14.2 Å². The van der Waals surface area contributed by atoms with E-state index in [1.165, 1.54) is 18.2 Å². The molecule has 3 atom stereocenters. The van der Waals surface area contributed by atoms with Gasteiger partial charge in [0.05, 0.1) is 19.6 Å². The summed E-state index contributed by atoms with van der Waals surface area (Å²) in [6, 6.07) is 6.02. The molecule has 114 valence electrons. The Hall–Kier alpha value is -1.55. The summed E-state index contributed by atoms with van der Waals surface area (Å²) in [5.41, 5.74) is 8.23. The number of carbonyl (C=O) groups is 1. The predicted octanol–water partition coefficient (Wildman–Crippen LogP) is 2.18. The molecule has 21 heavy (non-hydrogen) atoms. The van der Waals surface area contributed by atoms with E-state index in [4.69, 9.17) is 15.2 Å². The van der Waals surface area contributed by atoms with Crippen molar-refractivity contribution in [3.05, 3.63) is 29.3 Å². The molecule has 2 N–H and O–H groups in total. The maximum absolute atomic E-state index is 12.5. The first kappa shape index (κ1) is 14.4. The molecule has 0 aliphatic heterocycles. The van der Waals surface area contributed by atoms with Gasteiger partial charge in [-0.05, 0) is 54.4 Å². The molecule has 2 bridgehead atoms. The lowest BCUT2D eigenvalue weighted by atomic mass is 9.52. The molecule has 2 aliphatic rings. The zero-order valence-electron chi connectivity index (χ0n) is 12.9. The molecule has 0 saturated heterocycles. The van der Waals surface area contributed by atoms with Crippen molar-refractivity contribution in [2.24, 2.45) is 11.1 Å². The summed E-state index contributed by atoms with van der Waals surface area (Å²) in [4.78, 5) is 12.5. The van der Waals surface area contributed by atoms with Crippen LogP contribution in [0.3, 0.4) is 0 Å². The second-order valence-electron chi connectivity index (χ2n) is 6.73. The number of carbonyl (C=O) groups excluding carboxylic acids is 1. The Morgan fingerprint density at radius 3 is 2.81 bits per heavy atom. The largest absolute Gasteiger partial charge is 0.497 e. The molecule has 0 amide bonds. The van der Waals surface area contributed by atoms with E-state index in [2.05, 4.69) is 19.1 Å². The average molecular weight is 289 g/mol. The Morgan fingerprint density at radius 2 is 2.14 bits per heavy atom. The Labute approximate surface area is 125 Å². The first-order chi connectivity index (χ1) is 9.95. The van der Waals surface area contributed by atoms with Gasteiger partial charge in [0, 0.05) is 6.04 Å². The van der Waals surface area contributed by atoms with E-state index in [9.17, 15) is 4.79 Å². The Balaban J connectivity index is 2.14. The second kappa shape index (κ2) is 4.73. The van der Waals surface area contributed by atoms with Gasteiger partial charge in [-0.1, -0.05) is 13.0 Å². The summed E-state index contributed by atoms with van der Waals surface area (Å²) in [6.45, 7) is 2.23. The molecule has 4 heteroatoms. The Kier molecular flexibility index (Phi) is 3.24. The van der Waals surface area contributed by atoms with Crippen LogP contribution in [0.15, 0.2) is 18.2 Å². The summed E-state index contributed by atoms with van der Waals surface area (Å²) in [7, 11) is 3.14. The van der Waals surface area contributed by atoms with Gasteiger partial charge >= 0.3 is 5.97 Å². The van der Waals surface area contributed by atoms with Crippen molar-refractivity contribution in [3.8, 4) is 5.75 Å². The number of rotatable bonds is 2. The van der Waals surface area contributed by atoms with Crippen LogP contribution < -0.4 is 10.5 Å². The van der Waals surface area contributed by atoms with Gasteiger partial charge in [-0.2, -0.15) is 0 Å². The van der Waals surface area contributed by atoms with E-state index >= 15 is 0 Å². The van der Waals surface area contributed by atoms with E-state index in [0.29, 0.717) is 6.42 Å². The van der Waals surface area contributed by atoms with Crippen molar-refractivity contribution >= 4 is 5.97 Å². The van der Waals surface area contributed by atoms with Crippen LogP contribution in [0.4, 0.5) is 0 Å². The number of hydrogen-bond donors (Lipinski definition) is 1. The smallest absolute Gasteiger partial charge is 0.313 e. The summed E-state index contributed by atoms with van der Waals surface area (Å²) in [5.74, 6) is 0.706. The zero-order chi connectivity index (χ0) is 15.3. The fourth-order valence-corrected chi connectivity index (χ4v) is 4.33. The van der Waals surface area contributed by atoms with Crippen LogP contribution in [0.2, 0.25) is 0 Å². The molecule has 1 aromatic carbocycles. The normalized spacial score (nSPS) is 34.0. The zero-order valence-corrected chi connectivity index (χ0v) is 12.9. The highest BCUT2D eigenvalue weighted by Gasteiger charge is 2.56. The van der Waals surface area contributed by atoms with Crippen molar-refractivity contribution in [3.63, 3.8) is 0 Å². The SMILES string of the molecule is COC(=O)[C@@]12Cc3ccc(OC)cc3[C@@](C)(CC[C@@H]1N)C2. The molecule has 1 fully saturated rings. The van der Waals surface area contributed by atoms with E-state index in [0.717, 1.165) is 25.0 Å². The molecule has 3 rings (SSSR count). The van der Waals surface area contributed by atoms with Crippen LogP contribution in [-0.4, -0.2) is 26.2 Å². The molecule has 1 aromatic rings. The van der Waals surface area contributed by atoms with Gasteiger partial charge in [-0.15, -0.1) is 0 Å². The number of hydrogen-bond acceptors (Lipinski definition) is 4. The maximum atomic E-state index is 12.5. The van der Waals surface area contributed by atoms with Gasteiger partial charge in [0.15, 0.2) is 0 Å². The molecule has 0 heterocycles. The van der Waals surface area contributed by atoms with Gasteiger partial charge in [-0.3, -0.25) is 4.79 Å². The van der Waals surface area contributed by atoms with E-state index in [1.54, 1.807) is 7.11 Å². The van der Waals surface area contributed by atoms with Crippen LogP contribution in [0.1, 0.15) is 37.3 Å². The fraction of sp³-hybridized carbons (Fsp3) is 0.588. The Bertz CT molecular complexity index is 585. The van der Waals surface area contributed by atoms with Crippen molar-refractivity contribution in [2.45, 2.75) is 44.1 Å². The number of esters is 1. The lowest BCUT2D eigenvalue weighted by Crippen LogP contribution is -2.59. The number of nitrogens with two attached hydrogens (primary N) is 1. The van der Waals surface area contributed by atoms with Crippen LogP contribution in [0.5, 0.6) is 5.75 Å². The van der Waals surface area contributed by atoms with Gasteiger partial charge in [-0.25, -0.2) is 0 Å². The van der Waals surface area contributed by atoms with E-state index < -0.39 is 5.41 Å². The molecule has 0 aromatic heterocycles. The summed E-state index contributed by atoms with van der Waals surface area (Å²) in [5, 5.41) is 0. The summed E-state index contributed by atoms with van der Waals surface area (Å²) >= 11 is 0. The molecule has 4 nitrogen and oxygen atoms in total. The molecule has 2 aliphatic carbocycles. The molecule has 0 spiro atoms. The number of benzene rings is 1. The highest BCUT2D eigenvalue weighted by atomic mass is 16.5. The van der Waals surface area contributed by atoms with Crippen LogP contribution in [0, 0.1) is 5.41 Å². The first-order valence-electron chi connectivity index (χ1n) is 7.46. The van der Waals surface area contributed by atoms with Crippen molar-refractivity contribution in [1.82, 2.24) is 0 Å². The second-order valence-corrected chi connectivity index (χ2v) is 6.73. The van der Waals surface area contributed by atoms with Crippen LogP contribution in [-0.2, 0) is 21.4 Å². The number of fused-ring (bicyclic) bond motifs is 4. The molecule has 0 radical (unpaired) electrons. The van der Waals surface area contributed by atoms with Gasteiger partial charge in [0.25, 0.3) is 0 Å². The summed E-state index contributed by atoms with van der Waals surface area (Å²) < 4.78 is 10.5. The average Bonchev–Trinajstić information content (AvgIpc) is 2.50. The van der Waals surface area contributed by atoms with Gasteiger partial charge in [0.2, 0.25) is 0 Å². The maximum Gasteiger partial charge on any atom is 0.313 e. The monoisotopic (exact) mass is 289 g/mol.